The Bertz CT molecular complexity index is 1540. The van der Waals surface area contributed by atoms with Gasteiger partial charge in [0.05, 0.1) is 0 Å². The number of anilines is 1. The number of fused-ring (bicyclic) bond motifs is 2. The summed E-state index contributed by atoms with van der Waals surface area (Å²) in [7, 11) is 0. The summed E-state index contributed by atoms with van der Waals surface area (Å²) in [5, 5.41) is 0. The van der Waals surface area contributed by atoms with Crippen molar-refractivity contribution in [1.29, 1.82) is 0 Å². The molecule has 0 spiro atoms. The minimum Gasteiger partial charge on any atom is -0.461 e. The maximum atomic E-state index is 14.3. The number of rotatable bonds is 6. The van der Waals surface area contributed by atoms with Gasteiger partial charge in [0.1, 0.15) is 17.3 Å². The van der Waals surface area contributed by atoms with Gasteiger partial charge in [0, 0.05) is 38.5 Å². The smallest absolute Gasteiger partial charge is 0.312 e. The first-order valence-corrected chi connectivity index (χ1v) is 14.0. The number of benzene rings is 1. The van der Waals surface area contributed by atoms with Crippen molar-refractivity contribution >= 4 is 22.9 Å². The number of likely N-dealkylation sites (tertiary alicyclic amines) is 1. The number of halogens is 1. The fourth-order valence-corrected chi connectivity index (χ4v) is 6.27. The van der Waals surface area contributed by atoms with Crippen molar-refractivity contribution in [3.8, 4) is 11.3 Å². The molecule has 204 valence electrons. The first-order valence-electron chi connectivity index (χ1n) is 14.0. The number of aromatic nitrogens is 4. The number of hydrogen-bond donors (Lipinski definition) is 1. The fraction of sp³-hybridized carbons (Fsp3) is 0.467. The molecule has 0 bridgehead atoms. The molecular weight excluding hydrogens is 495 g/mol. The van der Waals surface area contributed by atoms with Crippen LogP contribution in [0, 0.1) is 18.9 Å². The van der Waals surface area contributed by atoms with E-state index in [-0.39, 0.29) is 11.7 Å². The maximum Gasteiger partial charge on any atom is 0.312 e. The molecule has 4 heterocycles. The highest BCUT2D eigenvalue weighted by atomic mass is 19.1. The summed E-state index contributed by atoms with van der Waals surface area (Å²) in [6.45, 7) is 5.75. The Labute approximate surface area is 227 Å². The van der Waals surface area contributed by atoms with Gasteiger partial charge in [-0.2, -0.15) is 14.4 Å². The van der Waals surface area contributed by atoms with Crippen LogP contribution < -0.4 is 5.73 Å². The Hall–Kier alpha value is -3.75. The molecule has 39 heavy (non-hydrogen) atoms. The zero-order chi connectivity index (χ0) is 27.1. The van der Waals surface area contributed by atoms with E-state index in [1.165, 1.54) is 24.0 Å². The molecule has 1 unspecified atom stereocenters. The number of aryl methyl sites for hydroxylation is 4. The zero-order valence-corrected chi connectivity index (χ0v) is 22.7. The topological polar surface area (TPSA) is 103 Å². The van der Waals surface area contributed by atoms with Crippen LogP contribution in [0.5, 0.6) is 0 Å². The third-order valence-corrected chi connectivity index (χ3v) is 8.32. The lowest BCUT2D eigenvalue weighted by Crippen LogP contribution is -2.38. The van der Waals surface area contributed by atoms with Crippen LogP contribution in [-0.2, 0) is 30.6 Å². The van der Waals surface area contributed by atoms with Crippen LogP contribution in [0.1, 0.15) is 67.3 Å². The molecule has 3 aromatic heterocycles. The molecule has 8 nitrogen and oxygen atoms in total. The lowest BCUT2D eigenvalue weighted by Gasteiger charge is -2.32. The van der Waals surface area contributed by atoms with E-state index in [1.807, 2.05) is 28.5 Å². The van der Waals surface area contributed by atoms with Gasteiger partial charge in [-0.3, -0.25) is 4.79 Å². The number of hydrogen-bond acceptors (Lipinski definition) is 6. The number of nitrogen functional groups attached to an aromatic ring is 1. The Morgan fingerprint density at radius 1 is 1.13 bits per heavy atom. The largest absolute Gasteiger partial charge is 0.461 e. The van der Waals surface area contributed by atoms with Crippen LogP contribution in [-0.4, -0.2) is 43.4 Å². The molecule has 1 saturated heterocycles. The average Bonchev–Trinajstić information content (AvgIpc) is 3.50. The van der Waals surface area contributed by atoms with Crippen LogP contribution in [0.4, 0.5) is 10.2 Å². The van der Waals surface area contributed by atoms with Crippen molar-refractivity contribution in [2.75, 3.05) is 18.8 Å². The molecule has 1 aliphatic heterocycles. The van der Waals surface area contributed by atoms with Crippen LogP contribution >= 0.6 is 0 Å². The standard InChI is InChI=1S/C30H35FN6O2/c1-18-9-10-25(39-18)24-15-22-8-4-3-7-21(22)14-23(24)16-26-33-27-28(32)34-30(31)35-29(27)37(26)13-11-20-6-5-12-36(17-20)19(2)38/h9-10,14-15,20H,3-8,11-13,16-17H2,1-2H3,(H2,32,34,35). The van der Waals surface area contributed by atoms with Gasteiger partial charge < -0.3 is 19.6 Å². The van der Waals surface area contributed by atoms with Gasteiger partial charge in [-0.25, -0.2) is 4.98 Å². The highest BCUT2D eigenvalue weighted by Gasteiger charge is 2.24. The Morgan fingerprint density at radius 2 is 1.92 bits per heavy atom. The summed E-state index contributed by atoms with van der Waals surface area (Å²) in [5.74, 6) is 3.01. The van der Waals surface area contributed by atoms with E-state index >= 15 is 0 Å². The molecule has 1 atom stereocenters. The number of nitrogens with two attached hydrogens (primary N) is 1. The van der Waals surface area contributed by atoms with E-state index in [0.29, 0.717) is 30.0 Å². The monoisotopic (exact) mass is 530 g/mol. The van der Waals surface area contributed by atoms with Crippen LogP contribution in [0.15, 0.2) is 28.7 Å². The number of carbonyl (C=O) groups excluding carboxylic acids is 1. The third-order valence-electron chi connectivity index (χ3n) is 8.32. The zero-order valence-electron chi connectivity index (χ0n) is 22.7. The van der Waals surface area contributed by atoms with Gasteiger partial charge >= 0.3 is 6.08 Å². The SMILES string of the molecule is CC(=O)N1CCCC(CCn2c(Cc3cc4c(cc3-c3ccc(C)o3)CCCC4)nc3c(N)nc(F)nc32)C1. The average molecular weight is 531 g/mol. The van der Waals surface area contributed by atoms with Crippen molar-refractivity contribution in [3.05, 3.63) is 58.6 Å². The fourth-order valence-electron chi connectivity index (χ4n) is 6.27. The van der Waals surface area contributed by atoms with Crippen LogP contribution in [0.25, 0.3) is 22.5 Å². The van der Waals surface area contributed by atoms with Gasteiger partial charge in [-0.05, 0) is 92.7 Å². The van der Waals surface area contributed by atoms with Crippen molar-refractivity contribution in [2.24, 2.45) is 5.92 Å². The van der Waals surface area contributed by atoms with E-state index < -0.39 is 6.08 Å². The predicted octanol–water partition coefficient (Wildman–Crippen LogP) is 5.23. The Kier molecular flexibility index (Phi) is 6.83. The van der Waals surface area contributed by atoms with Crippen LogP contribution in [0.3, 0.4) is 0 Å². The van der Waals surface area contributed by atoms with Gasteiger partial charge in [-0.15, -0.1) is 0 Å². The highest BCUT2D eigenvalue weighted by Crippen LogP contribution is 2.34. The molecule has 2 N–H and O–H groups in total. The molecular formula is C30H35FN6O2. The molecule has 9 heteroatoms. The maximum absolute atomic E-state index is 14.3. The van der Waals surface area contributed by atoms with Gasteiger partial charge in [-0.1, -0.05) is 6.07 Å². The van der Waals surface area contributed by atoms with Crippen molar-refractivity contribution in [2.45, 2.75) is 71.8 Å². The molecule has 1 amide bonds. The molecule has 1 fully saturated rings. The molecule has 6 rings (SSSR count). The summed E-state index contributed by atoms with van der Waals surface area (Å²) < 4.78 is 22.4. The van der Waals surface area contributed by atoms with Gasteiger partial charge in [0.2, 0.25) is 5.91 Å². The first-order chi connectivity index (χ1) is 18.9. The van der Waals surface area contributed by atoms with Gasteiger partial charge in [0.25, 0.3) is 0 Å². The Balaban J connectivity index is 1.39. The molecule has 0 radical (unpaired) electrons. The lowest BCUT2D eigenvalue weighted by molar-refractivity contribution is -0.130. The van der Waals surface area contributed by atoms with E-state index in [2.05, 4.69) is 22.1 Å². The molecule has 2 aliphatic rings. The highest BCUT2D eigenvalue weighted by molar-refractivity contribution is 5.82. The summed E-state index contributed by atoms with van der Waals surface area (Å²) in [4.78, 5) is 26.6. The second-order valence-corrected chi connectivity index (χ2v) is 11.1. The van der Waals surface area contributed by atoms with E-state index in [0.717, 1.165) is 73.7 Å². The summed E-state index contributed by atoms with van der Waals surface area (Å²) in [6.07, 6.45) is 7.09. The van der Waals surface area contributed by atoms with E-state index in [9.17, 15) is 9.18 Å². The minimum atomic E-state index is -0.853. The van der Waals surface area contributed by atoms with E-state index in [1.54, 1.807) is 6.92 Å². The van der Waals surface area contributed by atoms with Crippen molar-refractivity contribution < 1.29 is 13.6 Å². The Morgan fingerprint density at radius 3 is 2.67 bits per heavy atom. The molecule has 1 aromatic carbocycles. The minimum absolute atomic E-state index is 0.0465. The van der Waals surface area contributed by atoms with Crippen molar-refractivity contribution in [1.82, 2.24) is 24.4 Å². The number of imidazole rings is 1. The number of carbonyl (C=O) groups is 1. The molecule has 0 saturated carbocycles. The normalized spacial score (nSPS) is 17.5. The second-order valence-electron chi connectivity index (χ2n) is 11.1. The molecule has 1 aliphatic carbocycles. The molecule has 4 aromatic rings. The van der Waals surface area contributed by atoms with Crippen molar-refractivity contribution in [3.63, 3.8) is 0 Å². The number of amides is 1. The van der Waals surface area contributed by atoms with Gasteiger partial charge in [0.15, 0.2) is 17.0 Å². The number of furan rings is 1. The predicted molar refractivity (Wildman–Crippen MR) is 148 cm³/mol. The quantitative estimate of drug-likeness (QED) is 0.342. The number of piperidine rings is 1. The first kappa shape index (κ1) is 25.5. The summed E-state index contributed by atoms with van der Waals surface area (Å²) >= 11 is 0. The lowest BCUT2D eigenvalue weighted by atomic mass is 9.86. The third kappa shape index (κ3) is 5.14. The summed E-state index contributed by atoms with van der Waals surface area (Å²) in [5.41, 5.74) is 11.9. The second kappa shape index (κ2) is 10.4. The van der Waals surface area contributed by atoms with E-state index in [4.69, 9.17) is 15.1 Å². The number of nitrogens with zero attached hydrogens (tertiary/aromatic N) is 5. The van der Waals surface area contributed by atoms with Crippen LogP contribution in [0.2, 0.25) is 0 Å². The summed E-state index contributed by atoms with van der Waals surface area (Å²) in [6, 6.07) is 8.59.